The normalized spacial score (nSPS) is 22.6. The molecule has 46 heavy (non-hydrogen) atoms. The van der Waals surface area contributed by atoms with E-state index in [1.807, 2.05) is 0 Å². The van der Waals surface area contributed by atoms with E-state index in [0.717, 1.165) is 65.0 Å². The molecule has 4 aliphatic rings. The maximum absolute atomic E-state index is 16.9. The van der Waals surface area contributed by atoms with Crippen molar-refractivity contribution in [3.8, 4) is 35.2 Å². The van der Waals surface area contributed by atoms with Crippen LogP contribution in [0.5, 0.6) is 11.8 Å². The molecule has 2 N–H and O–H groups in total. The van der Waals surface area contributed by atoms with Crippen LogP contribution in [0.25, 0.3) is 32.8 Å². The Kier molecular flexibility index (Phi) is 7.43. The molecule has 0 amide bonds. The van der Waals surface area contributed by atoms with Gasteiger partial charge in [-0.05, 0) is 61.8 Å². The predicted molar refractivity (Wildman–Crippen MR) is 173 cm³/mol. The zero-order chi connectivity index (χ0) is 31.4. The van der Waals surface area contributed by atoms with Crippen LogP contribution in [0, 0.1) is 29.4 Å². The SMILES string of the molecule is C#Cc1cccc2cc(O)cc(-c3c(F)cc4c(N5CC6CCC(C5)N6)nc(OCC5(CN6CCCOCC6)CC5)nc4c3F)c12. The maximum atomic E-state index is 16.9. The van der Waals surface area contributed by atoms with Crippen LogP contribution in [0.15, 0.2) is 36.4 Å². The summed E-state index contributed by atoms with van der Waals surface area (Å²) in [5.74, 6) is 1.36. The lowest BCUT2D eigenvalue weighted by Gasteiger charge is -2.34. The highest BCUT2D eigenvalue weighted by Crippen LogP contribution is 2.47. The fraction of sp³-hybridized carbons (Fsp3) is 0.444. The summed E-state index contributed by atoms with van der Waals surface area (Å²) in [6.45, 7) is 6.09. The van der Waals surface area contributed by atoms with E-state index in [1.165, 1.54) is 18.2 Å². The number of fused-ring (bicyclic) bond motifs is 4. The minimum Gasteiger partial charge on any atom is -0.508 e. The Morgan fingerprint density at radius 3 is 2.70 bits per heavy atom. The van der Waals surface area contributed by atoms with Gasteiger partial charge in [-0.3, -0.25) is 0 Å². The Hall–Kier alpha value is -4.04. The first-order valence-electron chi connectivity index (χ1n) is 16.3. The number of ether oxygens (including phenoxy) is 2. The smallest absolute Gasteiger partial charge is 0.319 e. The highest BCUT2D eigenvalue weighted by molar-refractivity contribution is 6.04. The number of nitrogens with one attached hydrogen (secondary N) is 1. The summed E-state index contributed by atoms with van der Waals surface area (Å²) in [6, 6.07) is 10.1. The van der Waals surface area contributed by atoms with Gasteiger partial charge in [0.2, 0.25) is 0 Å². The van der Waals surface area contributed by atoms with Crippen LogP contribution in [0.1, 0.15) is 37.7 Å². The summed E-state index contributed by atoms with van der Waals surface area (Å²) in [5.41, 5.74) is 0.318. The van der Waals surface area contributed by atoms with Crippen LogP contribution in [-0.2, 0) is 4.74 Å². The number of terminal acetylenes is 1. The average Bonchev–Trinajstić information content (AvgIpc) is 3.80. The molecule has 0 spiro atoms. The molecule has 0 radical (unpaired) electrons. The molecule has 2 unspecified atom stereocenters. The molecular formula is C36H37F2N5O3. The van der Waals surface area contributed by atoms with E-state index in [4.69, 9.17) is 20.9 Å². The molecule has 8 nitrogen and oxygen atoms in total. The molecular weight excluding hydrogens is 588 g/mol. The molecule has 3 aromatic carbocycles. The molecule has 1 aliphatic carbocycles. The number of benzene rings is 3. The van der Waals surface area contributed by atoms with E-state index in [9.17, 15) is 5.11 Å². The van der Waals surface area contributed by atoms with Gasteiger partial charge < -0.3 is 29.7 Å². The number of aromatic nitrogens is 2. The monoisotopic (exact) mass is 625 g/mol. The van der Waals surface area contributed by atoms with E-state index in [0.29, 0.717) is 47.2 Å². The molecule has 4 aromatic rings. The zero-order valence-electron chi connectivity index (χ0n) is 25.7. The molecule has 4 fully saturated rings. The van der Waals surface area contributed by atoms with Crippen molar-refractivity contribution in [2.24, 2.45) is 5.41 Å². The van der Waals surface area contributed by atoms with Crippen LogP contribution >= 0.6 is 0 Å². The number of phenolic OH excluding ortho intramolecular Hbond substituents is 1. The Morgan fingerprint density at radius 2 is 1.91 bits per heavy atom. The zero-order valence-corrected chi connectivity index (χ0v) is 25.7. The molecule has 4 heterocycles. The van der Waals surface area contributed by atoms with Crippen molar-refractivity contribution in [3.05, 3.63) is 53.6 Å². The third kappa shape index (κ3) is 5.40. The molecule has 3 aliphatic heterocycles. The van der Waals surface area contributed by atoms with Gasteiger partial charge in [-0.2, -0.15) is 9.97 Å². The minimum absolute atomic E-state index is 0.00439. The third-order valence-corrected chi connectivity index (χ3v) is 10.1. The van der Waals surface area contributed by atoms with E-state index < -0.39 is 11.6 Å². The summed E-state index contributed by atoms with van der Waals surface area (Å²) in [4.78, 5) is 14.0. The van der Waals surface area contributed by atoms with Crippen molar-refractivity contribution in [2.45, 2.75) is 44.2 Å². The number of hydrogen-bond acceptors (Lipinski definition) is 8. The lowest BCUT2D eigenvalue weighted by molar-refractivity contribution is 0.127. The molecule has 3 saturated heterocycles. The van der Waals surface area contributed by atoms with Gasteiger partial charge in [-0.1, -0.05) is 18.1 Å². The van der Waals surface area contributed by atoms with E-state index in [-0.39, 0.29) is 45.9 Å². The Morgan fingerprint density at radius 1 is 1.09 bits per heavy atom. The number of rotatable bonds is 7. The number of aromatic hydroxyl groups is 1. The van der Waals surface area contributed by atoms with Gasteiger partial charge in [0, 0.05) is 78.7 Å². The van der Waals surface area contributed by atoms with E-state index in [1.54, 1.807) is 18.2 Å². The average molecular weight is 626 g/mol. The Bertz CT molecular complexity index is 1850. The lowest BCUT2D eigenvalue weighted by atomic mass is 9.93. The third-order valence-electron chi connectivity index (χ3n) is 10.1. The Balaban J connectivity index is 1.22. The van der Waals surface area contributed by atoms with Crippen molar-refractivity contribution < 1.29 is 23.4 Å². The highest BCUT2D eigenvalue weighted by atomic mass is 19.1. The highest BCUT2D eigenvalue weighted by Gasteiger charge is 2.45. The standard InChI is InChI=1S/C36H37F2N5O3/c1-2-22-5-3-6-23-15-26(44)16-27(30(22)23)31-29(37)17-28-33(32(31)38)40-35(41-34(28)43-18-24-7-8-25(19-43)39-24)46-21-36(9-10-36)20-42-11-4-13-45-14-12-42/h1,3,5-6,15-17,24-25,39,44H,4,7-14,18-21H2. The number of anilines is 1. The summed E-state index contributed by atoms with van der Waals surface area (Å²) >= 11 is 0. The van der Waals surface area contributed by atoms with E-state index in [2.05, 4.69) is 26.0 Å². The van der Waals surface area contributed by atoms with E-state index >= 15 is 8.78 Å². The quantitative estimate of drug-likeness (QED) is 0.270. The molecule has 238 valence electrons. The first-order valence-corrected chi connectivity index (χ1v) is 16.3. The summed E-state index contributed by atoms with van der Waals surface area (Å²) in [6.07, 6.45) is 11.0. The number of nitrogens with zero attached hydrogens (tertiary/aromatic N) is 4. The second kappa shape index (κ2) is 11.6. The fourth-order valence-electron chi connectivity index (χ4n) is 7.58. The molecule has 2 bridgehead atoms. The minimum atomic E-state index is -0.842. The number of phenols is 1. The van der Waals surface area contributed by atoms with Crippen LogP contribution in [0.4, 0.5) is 14.6 Å². The maximum Gasteiger partial charge on any atom is 0.319 e. The second-order valence-corrected chi connectivity index (χ2v) is 13.4. The van der Waals surface area contributed by atoms with Gasteiger partial charge in [-0.25, -0.2) is 8.78 Å². The topological polar surface area (TPSA) is 83.0 Å². The summed E-state index contributed by atoms with van der Waals surface area (Å²) in [5, 5.41) is 15.5. The van der Waals surface area contributed by atoms with Crippen molar-refractivity contribution in [1.29, 1.82) is 0 Å². The van der Waals surface area contributed by atoms with Crippen LogP contribution < -0.4 is 15.0 Å². The molecule has 1 aromatic heterocycles. The van der Waals surface area contributed by atoms with Gasteiger partial charge in [-0.15, -0.1) is 6.42 Å². The van der Waals surface area contributed by atoms with Gasteiger partial charge in [0.15, 0.2) is 5.82 Å². The largest absolute Gasteiger partial charge is 0.508 e. The fourth-order valence-corrected chi connectivity index (χ4v) is 7.58. The Labute approximate surface area is 266 Å². The second-order valence-electron chi connectivity index (χ2n) is 13.4. The summed E-state index contributed by atoms with van der Waals surface area (Å²) in [7, 11) is 0. The van der Waals surface area contributed by atoms with Crippen molar-refractivity contribution >= 4 is 27.5 Å². The molecule has 1 saturated carbocycles. The lowest BCUT2D eigenvalue weighted by Crippen LogP contribution is -2.51. The molecule has 10 heteroatoms. The number of piperazine rings is 1. The first-order chi connectivity index (χ1) is 22.4. The molecule has 8 rings (SSSR count). The van der Waals surface area contributed by atoms with Gasteiger partial charge in [0.25, 0.3) is 0 Å². The van der Waals surface area contributed by atoms with Crippen LogP contribution in [0.3, 0.4) is 0 Å². The van der Waals surface area contributed by atoms with Gasteiger partial charge in [0.05, 0.1) is 18.8 Å². The van der Waals surface area contributed by atoms with Crippen molar-refractivity contribution in [1.82, 2.24) is 20.2 Å². The number of halogens is 2. The van der Waals surface area contributed by atoms with Crippen LogP contribution in [0.2, 0.25) is 0 Å². The first kappa shape index (κ1) is 29.4. The van der Waals surface area contributed by atoms with Crippen molar-refractivity contribution in [2.75, 3.05) is 57.4 Å². The predicted octanol–water partition coefficient (Wildman–Crippen LogP) is 5.24. The van der Waals surface area contributed by atoms with Gasteiger partial charge in [0.1, 0.15) is 22.9 Å². The van der Waals surface area contributed by atoms with Crippen molar-refractivity contribution in [3.63, 3.8) is 0 Å². The molecule has 2 atom stereocenters. The number of hydrogen-bond donors (Lipinski definition) is 2. The summed E-state index contributed by atoms with van der Waals surface area (Å²) < 4.78 is 45.1. The van der Waals surface area contributed by atoms with Crippen LogP contribution in [-0.4, -0.2) is 84.6 Å². The van der Waals surface area contributed by atoms with Gasteiger partial charge >= 0.3 is 6.01 Å².